The number of aryl methyl sites for hydroxylation is 1. The van der Waals surface area contributed by atoms with Crippen LogP contribution in [0.1, 0.15) is 44.0 Å². The van der Waals surface area contributed by atoms with E-state index in [0.717, 1.165) is 25.3 Å². The van der Waals surface area contributed by atoms with E-state index in [1.54, 1.807) is 6.33 Å². The van der Waals surface area contributed by atoms with E-state index >= 15 is 0 Å². The summed E-state index contributed by atoms with van der Waals surface area (Å²) in [5, 5.41) is 11.1. The van der Waals surface area contributed by atoms with Crippen LogP contribution in [0.3, 0.4) is 0 Å². The minimum absolute atomic E-state index is 0.00709. The monoisotopic (exact) mass is 339 g/mol. The van der Waals surface area contributed by atoms with Crippen LogP contribution >= 0.6 is 0 Å². The predicted octanol–water partition coefficient (Wildman–Crippen LogP) is 2.91. The first kappa shape index (κ1) is 16.1. The SMILES string of the molecule is CCn1cnnc1CNC(=O)N1CC2CCCCC21c1ccccc1. The summed E-state index contributed by atoms with van der Waals surface area (Å²) >= 11 is 0. The Kier molecular flexibility index (Phi) is 4.19. The molecule has 2 aromatic rings. The summed E-state index contributed by atoms with van der Waals surface area (Å²) < 4.78 is 1.95. The Hall–Kier alpha value is -2.37. The number of benzene rings is 1. The van der Waals surface area contributed by atoms with Gasteiger partial charge in [0.1, 0.15) is 6.33 Å². The molecule has 2 atom stereocenters. The first-order chi connectivity index (χ1) is 12.3. The zero-order chi connectivity index (χ0) is 17.3. The largest absolute Gasteiger partial charge is 0.331 e. The van der Waals surface area contributed by atoms with Crippen molar-refractivity contribution in [1.29, 1.82) is 0 Å². The Morgan fingerprint density at radius 3 is 2.92 bits per heavy atom. The van der Waals surface area contributed by atoms with E-state index in [9.17, 15) is 4.79 Å². The first-order valence-corrected chi connectivity index (χ1v) is 9.23. The lowest BCUT2D eigenvalue weighted by atomic mass is 9.62. The van der Waals surface area contributed by atoms with Gasteiger partial charge in [0.15, 0.2) is 5.82 Å². The van der Waals surface area contributed by atoms with E-state index in [-0.39, 0.29) is 11.6 Å². The van der Waals surface area contributed by atoms with E-state index in [0.29, 0.717) is 12.5 Å². The average molecular weight is 339 g/mol. The van der Waals surface area contributed by atoms with Gasteiger partial charge in [0.2, 0.25) is 0 Å². The fraction of sp³-hybridized carbons (Fsp3) is 0.526. The van der Waals surface area contributed by atoms with Gasteiger partial charge in [-0.05, 0) is 25.3 Å². The quantitative estimate of drug-likeness (QED) is 0.931. The molecule has 1 saturated heterocycles. The fourth-order valence-corrected chi connectivity index (χ4v) is 4.55. The third kappa shape index (κ3) is 2.60. The summed E-state index contributed by atoms with van der Waals surface area (Å²) in [4.78, 5) is 15.0. The number of amides is 2. The zero-order valence-corrected chi connectivity index (χ0v) is 14.7. The lowest BCUT2D eigenvalue weighted by Gasteiger charge is -2.61. The fourth-order valence-electron chi connectivity index (χ4n) is 4.55. The highest BCUT2D eigenvalue weighted by molar-refractivity contribution is 5.77. The van der Waals surface area contributed by atoms with E-state index < -0.39 is 0 Å². The number of likely N-dealkylation sites (tertiary alicyclic amines) is 1. The van der Waals surface area contributed by atoms with Crippen LogP contribution in [0.4, 0.5) is 4.79 Å². The zero-order valence-electron chi connectivity index (χ0n) is 14.7. The standard InChI is InChI=1S/C19H25N5O/c1-2-23-14-21-22-17(23)12-20-18(25)24-13-16-10-6-7-11-19(16,24)15-8-4-3-5-9-15/h3-5,8-9,14,16H,2,6-7,10-13H2,1H3,(H,20,25). The van der Waals surface area contributed by atoms with Gasteiger partial charge < -0.3 is 14.8 Å². The predicted molar refractivity (Wildman–Crippen MR) is 94.7 cm³/mol. The van der Waals surface area contributed by atoms with Gasteiger partial charge in [0.25, 0.3) is 0 Å². The van der Waals surface area contributed by atoms with Gasteiger partial charge in [-0.15, -0.1) is 10.2 Å². The molecule has 1 aromatic heterocycles. The topological polar surface area (TPSA) is 63.1 Å². The molecular weight excluding hydrogens is 314 g/mol. The Morgan fingerprint density at radius 2 is 2.16 bits per heavy atom. The second-order valence-corrected chi connectivity index (χ2v) is 7.04. The molecule has 4 rings (SSSR count). The maximum absolute atomic E-state index is 12.9. The molecule has 0 radical (unpaired) electrons. The van der Waals surface area contributed by atoms with Crippen molar-refractivity contribution in [3.05, 3.63) is 48.0 Å². The Morgan fingerprint density at radius 1 is 1.32 bits per heavy atom. The smallest absolute Gasteiger partial charge is 0.318 e. The molecule has 25 heavy (non-hydrogen) atoms. The minimum Gasteiger partial charge on any atom is -0.331 e. The number of fused-ring (bicyclic) bond motifs is 1. The van der Waals surface area contributed by atoms with E-state index in [2.05, 4.69) is 39.8 Å². The van der Waals surface area contributed by atoms with Crippen molar-refractivity contribution in [2.45, 2.75) is 51.2 Å². The number of nitrogens with zero attached hydrogens (tertiary/aromatic N) is 4. The van der Waals surface area contributed by atoms with Gasteiger partial charge in [-0.2, -0.15) is 0 Å². The maximum Gasteiger partial charge on any atom is 0.318 e. The molecule has 1 aromatic carbocycles. The normalized spacial score (nSPS) is 25.2. The summed E-state index contributed by atoms with van der Waals surface area (Å²) in [7, 11) is 0. The van der Waals surface area contributed by atoms with E-state index in [4.69, 9.17) is 0 Å². The highest BCUT2D eigenvalue weighted by Crippen LogP contribution is 2.53. The van der Waals surface area contributed by atoms with Crippen molar-refractivity contribution >= 4 is 6.03 Å². The molecule has 6 heteroatoms. The van der Waals surface area contributed by atoms with Crippen LogP contribution < -0.4 is 5.32 Å². The number of aromatic nitrogens is 3. The molecule has 2 heterocycles. The first-order valence-electron chi connectivity index (χ1n) is 9.23. The van der Waals surface area contributed by atoms with Crippen molar-refractivity contribution in [3.63, 3.8) is 0 Å². The maximum atomic E-state index is 12.9. The molecular formula is C19H25N5O. The highest BCUT2D eigenvalue weighted by Gasteiger charge is 2.56. The van der Waals surface area contributed by atoms with Crippen molar-refractivity contribution in [1.82, 2.24) is 25.0 Å². The second kappa shape index (κ2) is 6.50. The summed E-state index contributed by atoms with van der Waals surface area (Å²) in [6, 6.07) is 10.5. The van der Waals surface area contributed by atoms with Crippen molar-refractivity contribution in [3.8, 4) is 0 Å². The summed E-state index contributed by atoms with van der Waals surface area (Å²) in [6.45, 7) is 4.11. The average Bonchev–Trinajstić information content (AvgIpc) is 3.09. The molecule has 6 nitrogen and oxygen atoms in total. The number of hydrogen-bond acceptors (Lipinski definition) is 3. The minimum atomic E-state index is -0.123. The molecule has 2 unspecified atom stereocenters. The number of rotatable bonds is 4. The molecule has 1 aliphatic heterocycles. The lowest BCUT2D eigenvalue weighted by molar-refractivity contribution is -0.0794. The van der Waals surface area contributed by atoms with Gasteiger partial charge in [-0.25, -0.2) is 4.79 Å². The molecule has 2 amide bonds. The van der Waals surface area contributed by atoms with Crippen LogP contribution in [0.2, 0.25) is 0 Å². The number of carbonyl (C=O) groups is 1. The van der Waals surface area contributed by atoms with Gasteiger partial charge in [0, 0.05) is 19.0 Å². The van der Waals surface area contributed by atoms with Crippen LogP contribution in [0.15, 0.2) is 36.7 Å². The highest BCUT2D eigenvalue weighted by atomic mass is 16.2. The Labute approximate surface area is 148 Å². The lowest BCUT2D eigenvalue weighted by Crippen LogP contribution is -2.69. The molecule has 1 saturated carbocycles. The molecule has 1 aliphatic carbocycles. The van der Waals surface area contributed by atoms with Gasteiger partial charge in [-0.1, -0.05) is 43.2 Å². The van der Waals surface area contributed by atoms with Crippen LogP contribution in [0, 0.1) is 5.92 Å². The Balaban J connectivity index is 1.52. The molecule has 132 valence electrons. The van der Waals surface area contributed by atoms with E-state index in [1.165, 1.54) is 24.8 Å². The summed E-state index contributed by atoms with van der Waals surface area (Å²) in [5.74, 6) is 1.37. The molecule has 2 fully saturated rings. The third-order valence-corrected chi connectivity index (χ3v) is 5.87. The van der Waals surface area contributed by atoms with Crippen LogP contribution in [-0.4, -0.2) is 32.2 Å². The van der Waals surface area contributed by atoms with Crippen LogP contribution in [-0.2, 0) is 18.6 Å². The Bertz CT molecular complexity index is 743. The van der Waals surface area contributed by atoms with Crippen LogP contribution in [0.5, 0.6) is 0 Å². The van der Waals surface area contributed by atoms with Gasteiger partial charge in [0.05, 0.1) is 12.1 Å². The molecule has 0 bridgehead atoms. The van der Waals surface area contributed by atoms with Crippen molar-refractivity contribution in [2.24, 2.45) is 5.92 Å². The van der Waals surface area contributed by atoms with Gasteiger partial charge >= 0.3 is 6.03 Å². The second-order valence-electron chi connectivity index (χ2n) is 7.04. The van der Waals surface area contributed by atoms with Crippen molar-refractivity contribution < 1.29 is 4.79 Å². The van der Waals surface area contributed by atoms with E-state index in [1.807, 2.05) is 22.5 Å². The number of nitrogens with one attached hydrogen (secondary N) is 1. The van der Waals surface area contributed by atoms with Gasteiger partial charge in [-0.3, -0.25) is 0 Å². The molecule has 1 N–H and O–H groups in total. The molecule has 0 spiro atoms. The number of urea groups is 1. The summed E-state index contributed by atoms with van der Waals surface area (Å²) in [5.41, 5.74) is 1.15. The van der Waals surface area contributed by atoms with Crippen molar-refractivity contribution in [2.75, 3.05) is 6.54 Å². The number of hydrogen-bond donors (Lipinski definition) is 1. The molecule has 2 aliphatic rings. The van der Waals surface area contributed by atoms with Crippen LogP contribution in [0.25, 0.3) is 0 Å². The summed E-state index contributed by atoms with van der Waals surface area (Å²) in [6.07, 6.45) is 6.42. The number of carbonyl (C=O) groups excluding carboxylic acids is 1. The third-order valence-electron chi connectivity index (χ3n) is 5.87.